The Morgan fingerprint density at radius 1 is 0.231 bits per heavy atom. The highest BCUT2D eigenvalue weighted by atomic mass is 16.1. The van der Waals surface area contributed by atoms with E-state index in [2.05, 4.69) is 27.7 Å². The van der Waals surface area contributed by atoms with Gasteiger partial charge in [-0.15, -0.1) is 0 Å². The summed E-state index contributed by atoms with van der Waals surface area (Å²) in [5.41, 5.74) is 0. The van der Waals surface area contributed by atoms with Crippen molar-refractivity contribution in [3.63, 3.8) is 0 Å². The Bertz CT molecular complexity index is 552. The van der Waals surface area contributed by atoms with E-state index in [0.29, 0.717) is 17.6 Å². The van der Waals surface area contributed by atoms with Crippen LogP contribution in [0.15, 0.2) is 0 Å². The monoisotopic (exact) mass is 731 g/mol. The summed E-state index contributed by atoms with van der Waals surface area (Å²) in [6, 6.07) is 0. The molecule has 0 aliphatic carbocycles. The Kier molecular flexibility index (Phi) is 44.8. The Balaban J connectivity index is 4.93. The van der Waals surface area contributed by atoms with Crippen molar-refractivity contribution in [1.82, 2.24) is 0 Å². The van der Waals surface area contributed by atoms with Crippen molar-refractivity contribution in [3.05, 3.63) is 0 Å². The number of hydrogen-bond donors (Lipinski definition) is 0. The van der Waals surface area contributed by atoms with Crippen molar-refractivity contribution < 1.29 is 4.79 Å². The molecule has 0 radical (unpaired) electrons. The SMILES string of the molecule is CCCCCCCCCCCCC(CCCCCCCCCCCC)C(=O)C(CCCCCCCCCCCC)CCCCCCCCCCCC. The summed E-state index contributed by atoms with van der Waals surface area (Å²) in [4.78, 5) is 14.4. The van der Waals surface area contributed by atoms with E-state index in [0.717, 1.165) is 0 Å². The lowest BCUT2D eigenvalue weighted by Crippen LogP contribution is -2.24. The van der Waals surface area contributed by atoms with Crippen molar-refractivity contribution in [3.8, 4) is 0 Å². The Labute approximate surface area is 331 Å². The number of unbranched alkanes of at least 4 members (excludes halogenated alkanes) is 36. The van der Waals surface area contributed by atoms with Gasteiger partial charge in [0.1, 0.15) is 5.78 Å². The first-order chi connectivity index (χ1) is 25.7. The maximum absolute atomic E-state index is 14.4. The van der Waals surface area contributed by atoms with Crippen LogP contribution in [-0.4, -0.2) is 5.78 Å². The van der Waals surface area contributed by atoms with E-state index in [1.54, 1.807) is 0 Å². The first kappa shape index (κ1) is 51.7. The van der Waals surface area contributed by atoms with Gasteiger partial charge in [-0.2, -0.15) is 0 Å². The van der Waals surface area contributed by atoms with E-state index < -0.39 is 0 Å². The predicted octanol–water partition coefficient (Wildman–Crippen LogP) is 19.0. The van der Waals surface area contributed by atoms with Gasteiger partial charge in [0.2, 0.25) is 0 Å². The molecule has 0 saturated heterocycles. The minimum absolute atomic E-state index is 0.347. The molecule has 0 N–H and O–H groups in total. The van der Waals surface area contributed by atoms with Crippen LogP contribution in [0.2, 0.25) is 0 Å². The molecular weight excluding hydrogens is 629 g/mol. The topological polar surface area (TPSA) is 17.1 Å². The van der Waals surface area contributed by atoms with Crippen LogP contribution >= 0.6 is 0 Å². The molecule has 0 unspecified atom stereocenters. The second kappa shape index (κ2) is 45.1. The lowest BCUT2D eigenvalue weighted by atomic mass is 9.80. The summed E-state index contributed by atoms with van der Waals surface area (Å²) < 4.78 is 0. The predicted molar refractivity (Wildman–Crippen MR) is 238 cm³/mol. The van der Waals surface area contributed by atoms with Gasteiger partial charge in [-0.05, 0) is 25.7 Å². The van der Waals surface area contributed by atoms with Crippen molar-refractivity contribution in [1.29, 1.82) is 0 Å². The molecule has 0 fully saturated rings. The molecule has 0 saturated carbocycles. The highest BCUT2D eigenvalue weighted by Crippen LogP contribution is 2.29. The average molecular weight is 731 g/mol. The van der Waals surface area contributed by atoms with Crippen LogP contribution in [0, 0.1) is 11.8 Å². The molecule has 52 heavy (non-hydrogen) atoms. The van der Waals surface area contributed by atoms with Crippen LogP contribution in [0.3, 0.4) is 0 Å². The number of carbonyl (C=O) groups is 1. The fraction of sp³-hybridized carbons (Fsp3) is 0.980. The number of ketones is 1. The number of Topliss-reactive ketones (excluding diaryl/α,β-unsaturated/α-hetero) is 1. The highest BCUT2D eigenvalue weighted by molar-refractivity contribution is 5.83. The van der Waals surface area contributed by atoms with Gasteiger partial charge in [0.25, 0.3) is 0 Å². The summed E-state index contributed by atoms with van der Waals surface area (Å²) in [5.74, 6) is 1.40. The third kappa shape index (κ3) is 38.0. The van der Waals surface area contributed by atoms with Gasteiger partial charge >= 0.3 is 0 Å². The van der Waals surface area contributed by atoms with Crippen molar-refractivity contribution in [2.24, 2.45) is 11.8 Å². The molecule has 0 spiro atoms. The molecule has 0 bridgehead atoms. The van der Waals surface area contributed by atoms with Gasteiger partial charge in [-0.25, -0.2) is 0 Å². The minimum atomic E-state index is 0.347. The average Bonchev–Trinajstić information content (AvgIpc) is 3.15. The number of hydrogen-bond acceptors (Lipinski definition) is 1. The second-order valence-electron chi connectivity index (χ2n) is 17.7. The zero-order chi connectivity index (χ0) is 37.8. The largest absolute Gasteiger partial charge is 0.299 e. The summed E-state index contributed by atoms with van der Waals surface area (Å²) in [5, 5.41) is 0. The van der Waals surface area contributed by atoms with Crippen LogP contribution in [0.4, 0.5) is 0 Å². The molecule has 0 heterocycles. The first-order valence-electron chi connectivity index (χ1n) is 25.2. The van der Waals surface area contributed by atoms with Crippen molar-refractivity contribution in [2.45, 2.75) is 310 Å². The molecule has 0 aliphatic heterocycles. The van der Waals surface area contributed by atoms with E-state index in [4.69, 9.17) is 0 Å². The molecule has 0 aliphatic rings. The van der Waals surface area contributed by atoms with Gasteiger partial charge in [0, 0.05) is 11.8 Å². The lowest BCUT2D eigenvalue weighted by Gasteiger charge is -2.23. The maximum atomic E-state index is 14.4. The summed E-state index contributed by atoms with van der Waals surface area (Å²) >= 11 is 0. The van der Waals surface area contributed by atoms with E-state index in [9.17, 15) is 4.79 Å². The quantitative estimate of drug-likeness (QED) is 0.0570. The molecule has 1 heteroatoms. The molecular formula is C51H102O. The van der Waals surface area contributed by atoms with Crippen LogP contribution < -0.4 is 0 Å². The molecule has 0 atom stereocenters. The summed E-state index contributed by atoms with van der Waals surface area (Å²) in [7, 11) is 0. The molecule has 0 aromatic rings. The van der Waals surface area contributed by atoms with Crippen molar-refractivity contribution in [2.75, 3.05) is 0 Å². The van der Waals surface area contributed by atoms with Gasteiger partial charge in [0.05, 0.1) is 0 Å². The zero-order valence-corrected chi connectivity index (χ0v) is 37.2. The Hall–Kier alpha value is -0.330. The molecule has 312 valence electrons. The third-order valence-corrected chi connectivity index (χ3v) is 12.4. The standard InChI is InChI=1S/C51H102O/c1-5-9-13-17-21-25-29-33-37-41-45-49(46-42-38-34-30-26-22-18-14-10-6-2)51(52)50(47-43-39-35-31-27-23-19-15-11-7-3)48-44-40-36-32-28-24-20-16-12-8-4/h49-50H,5-48H2,1-4H3. The Morgan fingerprint density at radius 2 is 0.365 bits per heavy atom. The molecule has 0 amide bonds. The van der Waals surface area contributed by atoms with Gasteiger partial charge in [0.15, 0.2) is 0 Å². The Morgan fingerprint density at radius 3 is 0.519 bits per heavy atom. The highest BCUT2D eigenvalue weighted by Gasteiger charge is 2.26. The normalized spacial score (nSPS) is 11.8. The van der Waals surface area contributed by atoms with Crippen LogP contribution in [-0.2, 0) is 4.79 Å². The van der Waals surface area contributed by atoms with Crippen molar-refractivity contribution >= 4 is 5.78 Å². The zero-order valence-electron chi connectivity index (χ0n) is 37.2. The molecule has 0 aromatic heterocycles. The smallest absolute Gasteiger partial charge is 0.139 e. The maximum Gasteiger partial charge on any atom is 0.139 e. The van der Waals surface area contributed by atoms with Gasteiger partial charge < -0.3 is 0 Å². The number of rotatable bonds is 46. The first-order valence-corrected chi connectivity index (χ1v) is 25.2. The van der Waals surface area contributed by atoms with Crippen LogP contribution in [0.25, 0.3) is 0 Å². The van der Waals surface area contributed by atoms with E-state index >= 15 is 0 Å². The number of carbonyl (C=O) groups excluding carboxylic acids is 1. The van der Waals surface area contributed by atoms with Gasteiger partial charge in [-0.1, -0.05) is 285 Å². The van der Waals surface area contributed by atoms with E-state index in [1.165, 1.54) is 283 Å². The minimum Gasteiger partial charge on any atom is -0.299 e. The third-order valence-electron chi connectivity index (χ3n) is 12.4. The fourth-order valence-electron chi connectivity index (χ4n) is 8.70. The molecule has 1 nitrogen and oxygen atoms in total. The summed E-state index contributed by atoms with van der Waals surface area (Å²) in [6.45, 7) is 9.25. The van der Waals surface area contributed by atoms with E-state index in [1.807, 2.05) is 0 Å². The fourth-order valence-corrected chi connectivity index (χ4v) is 8.70. The molecule has 0 rings (SSSR count). The van der Waals surface area contributed by atoms with E-state index in [-0.39, 0.29) is 0 Å². The lowest BCUT2D eigenvalue weighted by molar-refractivity contribution is -0.128. The second-order valence-corrected chi connectivity index (χ2v) is 17.7. The van der Waals surface area contributed by atoms with Crippen LogP contribution in [0.5, 0.6) is 0 Å². The van der Waals surface area contributed by atoms with Crippen LogP contribution in [0.1, 0.15) is 310 Å². The molecule has 0 aromatic carbocycles. The summed E-state index contributed by atoms with van der Waals surface area (Å²) in [6.07, 6.45) is 60.3. The van der Waals surface area contributed by atoms with Gasteiger partial charge in [-0.3, -0.25) is 4.79 Å².